The quantitative estimate of drug-likeness (QED) is 0.602. The van der Waals surface area contributed by atoms with Crippen LogP contribution in [0.4, 0.5) is 11.5 Å². The normalized spacial score (nSPS) is 15.6. The van der Waals surface area contributed by atoms with Crippen molar-refractivity contribution >= 4 is 11.5 Å². The molecule has 0 atom stereocenters. The highest BCUT2D eigenvalue weighted by Gasteiger charge is 2.23. The van der Waals surface area contributed by atoms with E-state index in [9.17, 15) is 10.1 Å². The van der Waals surface area contributed by atoms with Gasteiger partial charge in [-0.25, -0.2) is 4.98 Å². The fraction of sp³-hybridized carbons (Fsp3) is 0.500. The topological polar surface area (TPSA) is 71.3 Å². The molecule has 0 amide bonds. The number of rotatable bonds is 3. The molecule has 16 heavy (non-hydrogen) atoms. The van der Waals surface area contributed by atoms with E-state index in [4.69, 9.17) is 0 Å². The number of hydrogen-bond acceptors (Lipinski definition) is 5. The Morgan fingerprint density at radius 1 is 1.56 bits per heavy atom. The lowest BCUT2D eigenvalue weighted by atomic mass is 10.1. The zero-order valence-electron chi connectivity index (χ0n) is 9.30. The molecular weight excluding hydrogens is 208 g/mol. The van der Waals surface area contributed by atoms with E-state index < -0.39 is 4.92 Å². The molecule has 1 aromatic heterocycles. The van der Waals surface area contributed by atoms with Gasteiger partial charge in [-0.2, -0.15) is 0 Å². The zero-order valence-corrected chi connectivity index (χ0v) is 9.30. The molecule has 6 heteroatoms. The maximum atomic E-state index is 10.6. The smallest absolute Gasteiger partial charge is 0.290 e. The van der Waals surface area contributed by atoms with E-state index in [1.807, 2.05) is 11.9 Å². The first kappa shape index (κ1) is 10.8. The van der Waals surface area contributed by atoms with E-state index >= 15 is 0 Å². The third-order valence-corrected chi connectivity index (χ3v) is 2.91. The molecule has 0 aliphatic carbocycles. The van der Waals surface area contributed by atoms with Crippen molar-refractivity contribution in [2.75, 3.05) is 25.0 Å². The van der Waals surface area contributed by atoms with Gasteiger partial charge in [0.2, 0.25) is 0 Å². The van der Waals surface area contributed by atoms with Gasteiger partial charge in [-0.3, -0.25) is 10.1 Å². The molecule has 0 saturated carbocycles. The van der Waals surface area contributed by atoms with Crippen molar-refractivity contribution in [3.8, 4) is 0 Å². The first-order valence-electron chi connectivity index (χ1n) is 5.15. The summed E-state index contributed by atoms with van der Waals surface area (Å²) in [6, 6.07) is 3.65. The Kier molecular flexibility index (Phi) is 2.74. The van der Waals surface area contributed by atoms with Crippen LogP contribution in [0, 0.1) is 17.0 Å². The Bertz CT molecular complexity index is 417. The lowest BCUT2D eigenvalue weighted by Gasteiger charge is -2.36. The second-order valence-corrected chi connectivity index (χ2v) is 3.95. The van der Waals surface area contributed by atoms with Crippen molar-refractivity contribution in [1.82, 2.24) is 10.3 Å². The van der Waals surface area contributed by atoms with Crippen molar-refractivity contribution in [1.29, 1.82) is 0 Å². The summed E-state index contributed by atoms with van der Waals surface area (Å²) in [7, 11) is 1.96. The van der Waals surface area contributed by atoms with Crippen LogP contribution in [0.25, 0.3) is 0 Å². The SMILES string of the molecule is Cc1nc(N(C)C2CNC2)ccc1[N+](=O)[O-]. The number of nitrogens with zero attached hydrogens (tertiary/aromatic N) is 3. The second kappa shape index (κ2) is 4.05. The van der Waals surface area contributed by atoms with Crippen LogP contribution in [0.2, 0.25) is 0 Å². The number of likely N-dealkylation sites (N-methyl/N-ethyl adjacent to an activating group) is 1. The number of nitrogens with one attached hydrogen (secondary N) is 1. The molecule has 0 aromatic carbocycles. The van der Waals surface area contributed by atoms with Gasteiger partial charge < -0.3 is 10.2 Å². The van der Waals surface area contributed by atoms with Crippen molar-refractivity contribution in [3.05, 3.63) is 27.9 Å². The maximum absolute atomic E-state index is 10.6. The van der Waals surface area contributed by atoms with E-state index in [2.05, 4.69) is 10.3 Å². The highest BCUT2D eigenvalue weighted by atomic mass is 16.6. The summed E-state index contributed by atoms with van der Waals surface area (Å²) < 4.78 is 0. The highest BCUT2D eigenvalue weighted by Crippen LogP contribution is 2.21. The molecule has 0 bridgehead atoms. The predicted octanol–water partition coefficient (Wildman–Crippen LogP) is 0.706. The number of aromatic nitrogens is 1. The number of pyridine rings is 1. The van der Waals surface area contributed by atoms with Gasteiger partial charge in [0.25, 0.3) is 5.69 Å². The third-order valence-electron chi connectivity index (χ3n) is 2.91. The summed E-state index contributed by atoms with van der Waals surface area (Å²) in [5.74, 6) is 0.787. The molecule has 0 unspecified atom stereocenters. The summed E-state index contributed by atoms with van der Waals surface area (Å²) in [5, 5.41) is 13.8. The molecule has 2 rings (SSSR count). The van der Waals surface area contributed by atoms with Gasteiger partial charge in [-0.15, -0.1) is 0 Å². The van der Waals surface area contributed by atoms with Gasteiger partial charge in [-0.1, -0.05) is 0 Å². The van der Waals surface area contributed by atoms with Crippen molar-refractivity contribution in [3.63, 3.8) is 0 Å². The van der Waals surface area contributed by atoms with Crippen LogP contribution >= 0.6 is 0 Å². The van der Waals surface area contributed by atoms with Gasteiger partial charge in [0.15, 0.2) is 0 Å². The molecule has 1 fully saturated rings. The molecule has 1 aliphatic heterocycles. The Hall–Kier alpha value is -1.69. The van der Waals surface area contributed by atoms with Gasteiger partial charge >= 0.3 is 0 Å². The third kappa shape index (κ3) is 1.83. The highest BCUT2D eigenvalue weighted by molar-refractivity contribution is 5.47. The fourth-order valence-electron chi connectivity index (χ4n) is 1.66. The molecule has 1 N–H and O–H groups in total. The Morgan fingerprint density at radius 2 is 2.25 bits per heavy atom. The Labute approximate surface area is 93.4 Å². The van der Waals surface area contributed by atoms with Gasteiger partial charge in [0.1, 0.15) is 11.5 Å². The first-order valence-corrected chi connectivity index (χ1v) is 5.15. The van der Waals surface area contributed by atoms with E-state index in [1.165, 1.54) is 6.07 Å². The molecule has 1 aromatic rings. The minimum Gasteiger partial charge on any atom is -0.354 e. The van der Waals surface area contributed by atoms with Gasteiger partial charge in [0.05, 0.1) is 11.0 Å². The average molecular weight is 222 g/mol. The van der Waals surface area contributed by atoms with E-state index in [0.29, 0.717) is 11.7 Å². The lowest BCUT2D eigenvalue weighted by Crippen LogP contribution is -2.56. The predicted molar refractivity (Wildman–Crippen MR) is 60.7 cm³/mol. The van der Waals surface area contributed by atoms with Crippen LogP contribution < -0.4 is 10.2 Å². The number of aryl methyl sites for hydroxylation is 1. The van der Waals surface area contributed by atoms with E-state index in [-0.39, 0.29) is 5.69 Å². The molecule has 86 valence electrons. The van der Waals surface area contributed by atoms with Crippen molar-refractivity contribution in [2.45, 2.75) is 13.0 Å². The molecule has 6 nitrogen and oxygen atoms in total. The van der Waals surface area contributed by atoms with Crippen LogP contribution in [0.15, 0.2) is 12.1 Å². The van der Waals surface area contributed by atoms with Crippen LogP contribution in [-0.2, 0) is 0 Å². The van der Waals surface area contributed by atoms with Crippen molar-refractivity contribution in [2.24, 2.45) is 0 Å². The molecule has 1 aliphatic rings. The minimum atomic E-state index is -0.406. The monoisotopic (exact) mass is 222 g/mol. The summed E-state index contributed by atoms with van der Waals surface area (Å²) in [5.41, 5.74) is 0.533. The van der Waals surface area contributed by atoms with Crippen LogP contribution in [0.1, 0.15) is 5.69 Å². The Morgan fingerprint density at radius 3 is 2.69 bits per heavy atom. The number of anilines is 1. The lowest BCUT2D eigenvalue weighted by molar-refractivity contribution is -0.385. The maximum Gasteiger partial charge on any atom is 0.290 e. The standard InChI is InChI=1S/C10H14N4O2/c1-7-9(14(15)16)3-4-10(12-7)13(2)8-5-11-6-8/h3-4,8,11H,5-6H2,1-2H3. The molecule has 0 radical (unpaired) electrons. The molecule has 2 heterocycles. The van der Waals surface area contributed by atoms with E-state index in [1.54, 1.807) is 13.0 Å². The van der Waals surface area contributed by atoms with Gasteiger partial charge in [-0.05, 0) is 13.0 Å². The summed E-state index contributed by atoms with van der Waals surface area (Å²) >= 11 is 0. The molecule has 1 saturated heterocycles. The summed E-state index contributed by atoms with van der Waals surface area (Å²) in [6.45, 7) is 3.54. The molecule has 0 spiro atoms. The number of hydrogen-bond donors (Lipinski definition) is 1. The average Bonchev–Trinajstić information content (AvgIpc) is 2.14. The van der Waals surface area contributed by atoms with Crippen LogP contribution in [-0.4, -0.2) is 36.1 Å². The summed E-state index contributed by atoms with van der Waals surface area (Å²) in [6.07, 6.45) is 0. The molecular formula is C10H14N4O2. The largest absolute Gasteiger partial charge is 0.354 e. The van der Waals surface area contributed by atoms with Gasteiger partial charge in [0, 0.05) is 26.2 Å². The first-order chi connectivity index (χ1) is 7.59. The second-order valence-electron chi connectivity index (χ2n) is 3.95. The zero-order chi connectivity index (χ0) is 11.7. The number of nitro groups is 1. The fourth-order valence-corrected chi connectivity index (χ4v) is 1.66. The minimum absolute atomic E-state index is 0.0730. The van der Waals surface area contributed by atoms with E-state index in [0.717, 1.165) is 18.9 Å². The summed E-state index contributed by atoms with van der Waals surface area (Å²) in [4.78, 5) is 16.5. The Balaban J connectivity index is 2.22. The van der Waals surface area contributed by atoms with Crippen molar-refractivity contribution < 1.29 is 4.92 Å². The van der Waals surface area contributed by atoms with Crippen LogP contribution in [0.3, 0.4) is 0 Å². The van der Waals surface area contributed by atoms with Crippen LogP contribution in [0.5, 0.6) is 0 Å².